The van der Waals surface area contributed by atoms with Gasteiger partial charge in [0.2, 0.25) is 15.9 Å². The number of benzene rings is 2. The summed E-state index contributed by atoms with van der Waals surface area (Å²) in [5.41, 5.74) is 1.65. The van der Waals surface area contributed by atoms with E-state index in [2.05, 4.69) is 5.32 Å². The summed E-state index contributed by atoms with van der Waals surface area (Å²) in [6.07, 6.45) is 1.10. The molecule has 1 saturated heterocycles. The Labute approximate surface area is 181 Å². The van der Waals surface area contributed by atoms with Gasteiger partial charge in [-0.25, -0.2) is 17.6 Å². The van der Waals surface area contributed by atoms with Gasteiger partial charge in [-0.15, -0.1) is 0 Å². The zero-order valence-corrected chi connectivity index (χ0v) is 18.2. The summed E-state index contributed by atoms with van der Waals surface area (Å²) >= 11 is 0. The Hall–Kier alpha value is -2.78. The van der Waals surface area contributed by atoms with Gasteiger partial charge in [0.1, 0.15) is 5.82 Å². The molecule has 1 amide bonds. The molecule has 0 radical (unpaired) electrons. The van der Waals surface area contributed by atoms with Gasteiger partial charge in [-0.1, -0.05) is 0 Å². The van der Waals surface area contributed by atoms with E-state index in [9.17, 15) is 22.4 Å². The average molecular weight is 449 g/mol. The smallest absolute Gasteiger partial charge is 0.338 e. The minimum Gasteiger partial charge on any atom is -0.462 e. The number of sulfonamides is 1. The van der Waals surface area contributed by atoms with Crippen LogP contribution >= 0.6 is 0 Å². The van der Waals surface area contributed by atoms with Crippen molar-refractivity contribution in [2.24, 2.45) is 5.92 Å². The van der Waals surface area contributed by atoms with E-state index in [1.54, 1.807) is 32.0 Å². The van der Waals surface area contributed by atoms with Crippen LogP contribution in [0.3, 0.4) is 0 Å². The summed E-state index contributed by atoms with van der Waals surface area (Å²) in [5, 5.41) is 2.84. The number of carbonyl (C=O) groups is 2. The highest BCUT2D eigenvalue weighted by Gasteiger charge is 2.33. The molecule has 0 unspecified atom stereocenters. The van der Waals surface area contributed by atoms with E-state index in [1.807, 2.05) is 0 Å². The van der Waals surface area contributed by atoms with E-state index in [1.165, 1.54) is 16.4 Å². The number of anilines is 1. The molecule has 9 heteroatoms. The van der Waals surface area contributed by atoms with Crippen molar-refractivity contribution in [3.63, 3.8) is 0 Å². The Morgan fingerprint density at radius 2 is 1.90 bits per heavy atom. The van der Waals surface area contributed by atoms with Crippen molar-refractivity contribution in [1.82, 2.24) is 4.31 Å². The normalized spacial score (nSPS) is 17.2. The van der Waals surface area contributed by atoms with Crippen LogP contribution in [-0.2, 0) is 19.6 Å². The van der Waals surface area contributed by atoms with E-state index in [-0.39, 0.29) is 24.0 Å². The molecule has 1 fully saturated rings. The van der Waals surface area contributed by atoms with Gasteiger partial charge < -0.3 is 10.1 Å². The summed E-state index contributed by atoms with van der Waals surface area (Å²) in [6.45, 7) is 4.12. The number of hydrogen-bond acceptors (Lipinski definition) is 5. The number of piperidine rings is 1. The maximum absolute atomic E-state index is 13.1. The second kappa shape index (κ2) is 9.57. The topological polar surface area (TPSA) is 92.8 Å². The first kappa shape index (κ1) is 22.9. The average Bonchev–Trinajstić information content (AvgIpc) is 2.75. The number of rotatable bonds is 6. The van der Waals surface area contributed by atoms with Crippen LogP contribution in [0.4, 0.5) is 10.1 Å². The SMILES string of the molecule is CCOC(=O)c1ccc(NC(=O)[C@H]2CCCN(S(=O)(=O)c3ccc(F)cc3)C2)c(C)c1. The number of nitrogens with one attached hydrogen (secondary N) is 1. The number of carbonyl (C=O) groups excluding carboxylic acids is 2. The third-order valence-electron chi connectivity index (χ3n) is 5.20. The molecule has 2 aromatic carbocycles. The number of amides is 1. The molecule has 0 saturated carbocycles. The lowest BCUT2D eigenvalue weighted by Crippen LogP contribution is -2.43. The minimum absolute atomic E-state index is 0.000330. The Kier molecular flexibility index (Phi) is 7.07. The molecule has 0 aromatic heterocycles. The monoisotopic (exact) mass is 448 g/mol. The molecule has 1 atom stereocenters. The minimum atomic E-state index is -3.81. The van der Waals surface area contributed by atoms with Crippen LogP contribution in [0, 0.1) is 18.7 Å². The van der Waals surface area contributed by atoms with Crippen molar-refractivity contribution in [3.05, 3.63) is 59.4 Å². The van der Waals surface area contributed by atoms with E-state index < -0.39 is 27.7 Å². The number of ether oxygens (including phenoxy) is 1. The van der Waals surface area contributed by atoms with E-state index in [0.717, 1.165) is 12.1 Å². The van der Waals surface area contributed by atoms with Crippen LogP contribution in [0.5, 0.6) is 0 Å². The van der Waals surface area contributed by atoms with Crippen LogP contribution in [-0.4, -0.2) is 44.3 Å². The molecule has 1 aliphatic heterocycles. The van der Waals surface area contributed by atoms with Crippen molar-refractivity contribution in [2.45, 2.75) is 31.6 Å². The summed E-state index contributed by atoms with van der Waals surface area (Å²) < 4.78 is 45.1. The second-order valence-electron chi connectivity index (χ2n) is 7.40. The van der Waals surface area contributed by atoms with Crippen molar-refractivity contribution in [3.8, 4) is 0 Å². The van der Waals surface area contributed by atoms with Crippen LogP contribution in [0.15, 0.2) is 47.4 Å². The number of esters is 1. The lowest BCUT2D eigenvalue weighted by molar-refractivity contribution is -0.120. The summed E-state index contributed by atoms with van der Waals surface area (Å²) in [5.74, 6) is -1.75. The van der Waals surface area contributed by atoms with Crippen molar-refractivity contribution in [2.75, 3.05) is 25.0 Å². The largest absolute Gasteiger partial charge is 0.462 e. The van der Waals surface area contributed by atoms with Crippen LogP contribution in [0.25, 0.3) is 0 Å². The first-order chi connectivity index (χ1) is 14.7. The van der Waals surface area contributed by atoms with Gasteiger partial charge in [-0.3, -0.25) is 4.79 Å². The lowest BCUT2D eigenvalue weighted by atomic mass is 9.98. The quantitative estimate of drug-likeness (QED) is 0.684. The number of aryl methyl sites for hydroxylation is 1. The molecule has 1 aliphatic rings. The number of halogens is 1. The predicted octanol–water partition coefficient (Wildman–Crippen LogP) is 3.35. The second-order valence-corrected chi connectivity index (χ2v) is 9.33. The van der Waals surface area contributed by atoms with Crippen LogP contribution in [0.2, 0.25) is 0 Å². The molecule has 31 heavy (non-hydrogen) atoms. The van der Waals surface area contributed by atoms with Gasteiger partial charge >= 0.3 is 5.97 Å². The molecule has 1 N–H and O–H groups in total. The highest BCUT2D eigenvalue weighted by molar-refractivity contribution is 7.89. The van der Waals surface area contributed by atoms with Gasteiger partial charge in [0, 0.05) is 18.8 Å². The van der Waals surface area contributed by atoms with Gasteiger partial charge in [0.05, 0.1) is 23.0 Å². The Morgan fingerprint density at radius 3 is 2.55 bits per heavy atom. The highest BCUT2D eigenvalue weighted by atomic mass is 32.2. The zero-order chi connectivity index (χ0) is 22.6. The van der Waals surface area contributed by atoms with Crippen molar-refractivity contribution >= 4 is 27.6 Å². The summed E-state index contributed by atoms with van der Waals surface area (Å²) in [6, 6.07) is 9.50. The molecule has 166 valence electrons. The van der Waals surface area contributed by atoms with Crippen molar-refractivity contribution in [1.29, 1.82) is 0 Å². The Bertz CT molecular complexity index is 1070. The first-order valence-electron chi connectivity index (χ1n) is 10.1. The van der Waals surface area contributed by atoms with E-state index in [0.29, 0.717) is 36.2 Å². The molecular formula is C22H25FN2O5S. The number of hydrogen-bond donors (Lipinski definition) is 1. The predicted molar refractivity (Wildman–Crippen MR) is 114 cm³/mol. The number of nitrogens with zero attached hydrogens (tertiary/aromatic N) is 1. The van der Waals surface area contributed by atoms with E-state index >= 15 is 0 Å². The summed E-state index contributed by atoms with van der Waals surface area (Å²) in [4.78, 5) is 24.7. The van der Waals surface area contributed by atoms with Gasteiger partial charge in [-0.05, 0) is 74.7 Å². The van der Waals surface area contributed by atoms with Crippen molar-refractivity contribution < 1.29 is 27.1 Å². The lowest BCUT2D eigenvalue weighted by Gasteiger charge is -2.31. The van der Waals surface area contributed by atoms with Crippen LogP contribution in [0.1, 0.15) is 35.7 Å². The molecule has 2 aromatic rings. The molecule has 0 bridgehead atoms. The fourth-order valence-electron chi connectivity index (χ4n) is 3.51. The standard InChI is InChI=1S/C22H25FN2O5S/c1-3-30-22(27)16-6-11-20(15(2)13-16)24-21(26)17-5-4-12-25(14-17)31(28,29)19-9-7-18(23)8-10-19/h6-11,13,17H,3-5,12,14H2,1-2H3,(H,24,26)/t17-/m0/s1. The first-order valence-corrected chi connectivity index (χ1v) is 11.5. The fraction of sp³-hybridized carbons (Fsp3) is 0.364. The molecule has 0 spiro atoms. The maximum Gasteiger partial charge on any atom is 0.338 e. The fourth-order valence-corrected chi connectivity index (χ4v) is 5.03. The van der Waals surface area contributed by atoms with E-state index in [4.69, 9.17) is 4.74 Å². The Balaban J connectivity index is 1.70. The summed E-state index contributed by atoms with van der Waals surface area (Å²) in [7, 11) is -3.81. The van der Waals surface area contributed by atoms with Crippen LogP contribution < -0.4 is 5.32 Å². The molecular weight excluding hydrogens is 423 g/mol. The third-order valence-corrected chi connectivity index (χ3v) is 7.08. The molecule has 3 rings (SSSR count). The third kappa shape index (κ3) is 5.29. The highest BCUT2D eigenvalue weighted by Crippen LogP contribution is 2.26. The van der Waals surface area contributed by atoms with Gasteiger partial charge in [-0.2, -0.15) is 4.31 Å². The Morgan fingerprint density at radius 1 is 1.19 bits per heavy atom. The van der Waals surface area contributed by atoms with Gasteiger partial charge in [0.25, 0.3) is 0 Å². The molecule has 7 nitrogen and oxygen atoms in total. The molecule has 1 heterocycles. The zero-order valence-electron chi connectivity index (χ0n) is 17.4. The molecule has 0 aliphatic carbocycles. The van der Waals surface area contributed by atoms with Gasteiger partial charge in [0.15, 0.2) is 0 Å². The maximum atomic E-state index is 13.1.